The van der Waals surface area contributed by atoms with Crippen LogP contribution < -0.4 is 11.1 Å². The summed E-state index contributed by atoms with van der Waals surface area (Å²) >= 11 is 0. The van der Waals surface area contributed by atoms with Gasteiger partial charge in [-0.05, 0) is 49.7 Å². The molecule has 18 heavy (non-hydrogen) atoms. The van der Waals surface area contributed by atoms with Crippen molar-refractivity contribution in [3.8, 4) is 5.75 Å². The number of rotatable bonds is 3. The lowest BCUT2D eigenvalue weighted by molar-refractivity contribution is 0.469. The molecule has 2 rings (SSSR count). The maximum absolute atomic E-state index is 9.71. The normalized spacial score (nSPS) is 10.3. The van der Waals surface area contributed by atoms with Gasteiger partial charge in [0.05, 0.1) is 0 Å². The number of aromatic nitrogens is 1. The third-order valence-electron chi connectivity index (χ3n) is 2.66. The summed E-state index contributed by atoms with van der Waals surface area (Å²) in [6.07, 6.45) is 0. The van der Waals surface area contributed by atoms with Gasteiger partial charge in [-0.3, -0.25) is 0 Å². The van der Waals surface area contributed by atoms with Crippen LogP contribution in [0.5, 0.6) is 5.75 Å². The van der Waals surface area contributed by atoms with Crippen molar-refractivity contribution >= 4 is 11.5 Å². The quantitative estimate of drug-likeness (QED) is 0.572. The maximum Gasteiger partial charge on any atom is 0.126 e. The SMILES string of the molecule is Cc1cc(C)nc(NCc2cc(N)ccc2O)c1. The van der Waals surface area contributed by atoms with Crippen LogP contribution in [-0.2, 0) is 6.54 Å². The molecule has 4 nitrogen and oxygen atoms in total. The monoisotopic (exact) mass is 243 g/mol. The number of benzene rings is 1. The van der Waals surface area contributed by atoms with E-state index in [0.717, 1.165) is 22.6 Å². The molecule has 0 aliphatic carbocycles. The highest BCUT2D eigenvalue weighted by atomic mass is 16.3. The molecule has 4 N–H and O–H groups in total. The van der Waals surface area contributed by atoms with Gasteiger partial charge in [0.15, 0.2) is 0 Å². The summed E-state index contributed by atoms with van der Waals surface area (Å²) in [6, 6.07) is 9.01. The molecule has 0 fully saturated rings. The molecule has 2 aromatic rings. The fourth-order valence-electron chi connectivity index (χ4n) is 1.86. The van der Waals surface area contributed by atoms with Crippen LogP contribution in [0.2, 0.25) is 0 Å². The highest BCUT2D eigenvalue weighted by Crippen LogP contribution is 2.21. The molecule has 1 heterocycles. The lowest BCUT2D eigenvalue weighted by Crippen LogP contribution is -2.03. The van der Waals surface area contributed by atoms with Crippen LogP contribution in [0.3, 0.4) is 0 Å². The lowest BCUT2D eigenvalue weighted by atomic mass is 10.1. The smallest absolute Gasteiger partial charge is 0.126 e. The average molecular weight is 243 g/mol. The van der Waals surface area contributed by atoms with Gasteiger partial charge in [0.2, 0.25) is 0 Å². The third kappa shape index (κ3) is 2.91. The number of pyridine rings is 1. The highest BCUT2D eigenvalue weighted by molar-refractivity contribution is 5.49. The second-order valence-corrected chi connectivity index (χ2v) is 4.41. The first-order chi connectivity index (χ1) is 8.54. The molecule has 0 spiro atoms. The van der Waals surface area contributed by atoms with Gasteiger partial charge < -0.3 is 16.2 Å². The van der Waals surface area contributed by atoms with Crippen LogP contribution in [0.1, 0.15) is 16.8 Å². The molecule has 0 aliphatic rings. The summed E-state index contributed by atoms with van der Waals surface area (Å²) in [7, 11) is 0. The summed E-state index contributed by atoms with van der Waals surface area (Å²) in [5.41, 5.74) is 9.21. The van der Waals surface area contributed by atoms with E-state index in [4.69, 9.17) is 5.73 Å². The predicted octanol–water partition coefficient (Wildman–Crippen LogP) is 2.60. The molecule has 0 atom stereocenters. The van der Waals surface area contributed by atoms with Crippen molar-refractivity contribution < 1.29 is 5.11 Å². The third-order valence-corrected chi connectivity index (χ3v) is 2.66. The zero-order valence-corrected chi connectivity index (χ0v) is 10.6. The van der Waals surface area contributed by atoms with Gasteiger partial charge in [0.1, 0.15) is 11.6 Å². The Morgan fingerprint density at radius 1 is 1.22 bits per heavy atom. The van der Waals surface area contributed by atoms with Crippen LogP contribution >= 0.6 is 0 Å². The molecule has 0 aliphatic heterocycles. The summed E-state index contributed by atoms with van der Waals surface area (Å²) in [4.78, 5) is 4.38. The van der Waals surface area contributed by atoms with Crippen molar-refractivity contribution in [2.75, 3.05) is 11.1 Å². The number of anilines is 2. The Hall–Kier alpha value is -2.23. The minimum atomic E-state index is 0.237. The number of nitrogen functional groups attached to an aromatic ring is 1. The van der Waals surface area contributed by atoms with E-state index in [1.54, 1.807) is 18.2 Å². The maximum atomic E-state index is 9.71. The van der Waals surface area contributed by atoms with Crippen LogP contribution in [0.4, 0.5) is 11.5 Å². The second kappa shape index (κ2) is 4.96. The molecule has 94 valence electrons. The molecule has 4 heteroatoms. The number of phenolic OH excluding ortho intramolecular Hbond substituents is 1. The fourth-order valence-corrected chi connectivity index (χ4v) is 1.86. The van der Waals surface area contributed by atoms with E-state index in [1.807, 2.05) is 26.0 Å². The number of aryl methyl sites for hydroxylation is 2. The van der Waals surface area contributed by atoms with Gasteiger partial charge in [-0.15, -0.1) is 0 Å². The predicted molar refractivity (Wildman–Crippen MR) is 73.6 cm³/mol. The second-order valence-electron chi connectivity index (χ2n) is 4.41. The minimum absolute atomic E-state index is 0.237. The van der Waals surface area contributed by atoms with Crippen molar-refractivity contribution in [1.29, 1.82) is 0 Å². The van der Waals surface area contributed by atoms with Gasteiger partial charge >= 0.3 is 0 Å². The Balaban J connectivity index is 2.13. The summed E-state index contributed by atoms with van der Waals surface area (Å²) in [6.45, 7) is 4.47. The van der Waals surface area contributed by atoms with E-state index in [2.05, 4.69) is 10.3 Å². The van der Waals surface area contributed by atoms with Crippen LogP contribution in [0.25, 0.3) is 0 Å². The molecular weight excluding hydrogens is 226 g/mol. The number of aromatic hydroxyl groups is 1. The minimum Gasteiger partial charge on any atom is -0.508 e. The Morgan fingerprint density at radius 3 is 2.72 bits per heavy atom. The lowest BCUT2D eigenvalue weighted by Gasteiger charge is -2.09. The number of nitrogens with one attached hydrogen (secondary N) is 1. The van der Waals surface area contributed by atoms with Gasteiger partial charge in [0.25, 0.3) is 0 Å². The Morgan fingerprint density at radius 2 is 2.00 bits per heavy atom. The molecule has 0 amide bonds. The van der Waals surface area contributed by atoms with Gasteiger partial charge in [-0.25, -0.2) is 4.98 Å². The molecule has 0 saturated carbocycles. The van der Waals surface area contributed by atoms with E-state index in [9.17, 15) is 5.11 Å². The number of hydrogen-bond acceptors (Lipinski definition) is 4. The topological polar surface area (TPSA) is 71.2 Å². The van der Waals surface area contributed by atoms with E-state index >= 15 is 0 Å². The van der Waals surface area contributed by atoms with Crippen molar-refractivity contribution in [2.45, 2.75) is 20.4 Å². The molecule has 0 bridgehead atoms. The number of nitrogens with zero attached hydrogens (tertiary/aromatic N) is 1. The van der Waals surface area contributed by atoms with Gasteiger partial charge in [0, 0.05) is 23.5 Å². The summed E-state index contributed by atoms with van der Waals surface area (Å²) in [5.74, 6) is 1.04. The van der Waals surface area contributed by atoms with Crippen LogP contribution in [0.15, 0.2) is 30.3 Å². The Kier molecular flexibility index (Phi) is 3.37. The Labute approximate surface area is 106 Å². The van der Waals surface area contributed by atoms with Crippen molar-refractivity contribution in [3.63, 3.8) is 0 Å². The first-order valence-corrected chi connectivity index (χ1v) is 5.81. The largest absolute Gasteiger partial charge is 0.508 e. The van der Waals surface area contributed by atoms with E-state index in [1.165, 1.54) is 0 Å². The molecule has 0 unspecified atom stereocenters. The fraction of sp³-hybridized carbons (Fsp3) is 0.214. The molecule has 0 radical (unpaired) electrons. The molecule has 1 aromatic carbocycles. The van der Waals surface area contributed by atoms with Crippen LogP contribution in [-0.4, -0.2) is 10.1 Å². The number of hydrogen-bond donors (Lipinski definition) is 3. The molecule has 1 aromatic heterocycles. The van der Waals surface area contributed by atoms with Gasteiger partial charge in [-0.1, -0.05) is 0 Å². The van der Waals surface area contributed by atoms with Gasteiger partial charge in [-0.2, -0.15) is 0 Å². The van der Waals surface area contributed by atoms with Crippen LogP contribution in [0, 0.1) is 13.8 Å². The summed E-state index contributed by atoms with van der Waals surface area (Å²) in [5, 5.41) is 12.9. The zero-order chi connectivity index (χ0) is 13.1. The summed E-state index contributed by atoms with van der Waals surface area (Å²) < 4.78 is 0. The Bertz CT molecular complexity index is 547. The first-order valence-electron chi connectivity index (χ1n) is 5.81. The zero-order valence-electron chi connectivity index (χ0n) is 10.6. The highest BCUT2D eigenvalue weighted by Gasteiger charge is 2.03. The van der Waals surface area contributed by atoms with Crippen molar-refractivity contribution in [3.05, 3.63) is 47.2 Å². The average Bonchev–Trinajstić information content (AvgIpc) is 2.29. The molecule has 0 saturated heterocycles. The standard InChI is InChI=1S/C14H17N3O/c1-9-5-10(2)17-14(6-9)16-8-11-7-12(15)3-4-13(11)18/h3-7,18H,8,15H2,1-2H3,(H,16,17). The number of nitrogens with two attached hydrogens (primary N) is 1. The van der Waals surface area contributed by atoms with E-state index < -0.39 is 0 Å². The van der Waals surface area contributed by atoms with E-state index in [-0.39, 0.29) is 5.75 Å². The van der Waals surface area contributed by atoms with Crippen molar-refractivity contribution in [2.24, 2.45) is 0 Å². The van der Waals surface area contributed by atoms with Crippen molar-refractivity contribution in [1.82, 2.24) is 4.98 Å². The van der Waals surface area contributed by atoms with E-state index in [0.29, 0.717) is 12.2 Å². The number of phenols is 1. The molecular formula is C14H17N3O. The first kappa shape index (κ1) is 12.2.